The van der Waals surface area contributed by atoms with Gasteiger partial charge < -0.3 is 15.3 Å². The second-order valence-electron chi connectivity index (χ2n) is 7.42. The number of fused-ring (bicyclic) bond motifs is 1. The monoisotopic (exact) mass is 396 g/mol. The van der Waals surface area contributed by atoms with Crippen molar-refractivity contribution in [3.8, 4) is 5.75 Å². The Kier molecular flexibility index (Phi) is 4.40. The number of rotatable bonds is 4. The SMILES string of the molecule is Cc1ccccc1N1C(=O)C2C(c3ccccc3O)NC(CO)(C(=O)O)C2C1=O. The summed E-state index contributed by atoms with van der Waals surface area (Å²) in [4.78, 5) is 39.9. The number of phenolic OH excluding ortho intramolecular Hbond substituents is 1. The first-order valence-electron chi connectivity index (χ1n) is 9.16. The summed E-state index contributed by atoms with van der Waals surface area (Å²) in [5.74, 6) is -5.21. The van der Waals surface area contributed by atoms with Gasteiger partial charge in [-0.05, 0) is 24.6 Å². The molecule has 2 amide bonds. The van der Waals surface area contributed by atoms with Crippen LogP contribution in [0.2, 0.25) is 0 Å². The molecule has 2 saturated heterocycles. The maximum absolute atomic E-state index is 13.4. The predicted molar refractivity (Wildman–Crippen MR) is 102 cm³/mol. The van der Waals surface area contributed by atoms with Gasteiger partial charge >= 0.3 is 5.97 Å². The van der Waals surface area contributed by atoms with Gasteiger partial charge in [-0.25, -0.2) is 4.90 Å². The molecule has 0 aromatic heterocycles. The molecule has 0 aliphatic carbocycles. The minimum Gasteiger partial charge on any atom is -0.508 e. The number of hydrogen-bond donors (Lipinski definition) is 4. The first-order valence-corrected chi connectivity index (χ1v) is 9.16. The number of aliphatic hydroxyl groups excluding tert-OH is 1. The highest BCUT2D eigenvalue weighted by Gasteiger charge is 2.69. The van der Waals surface area contributed by atoms with Gasteiger partial charge in [-0.3, -0.25) is 19.7 Å². The van der Waals surface area contributed by atoms with Gasteiger partial charge in [-0.1, -0.05) is 36.4 Å². The lowest BCUT2D eigenvalue weighted by Crippen LogP contribution is -2.58. The molecule has 150 valence electrons. The number of imide groups is 1. The maximum Gasteiger partial charge on any atom is 0.327 e. The van der Waals surface area contributed by atoms with Crippen molar-refractivity contribution in [3.05, 3.63) is 59.7 Å². The Morgan fingerprint density at radius 3 is 2.38 bits per heavy atom. The summed E-state index contributed by atoms with van der Waals surface area (Å²) in [7, 11) is 0. The zero-order valence-corrected chi connectivity index (χ0v) is 15.6. The van der Waals surface area contributed by atoms with Crippen LogP contribution >= 0.6 is 0 Å². The van der Waals surface area contributed by atoms with E-state index in [1.807, 2.05) is 0 Å². The quantitative estimate of drug-likeness (QED) is 0.567. The van der Waals surface area contributed by atoms with Crippen LogP contribution in [0.4, 0.5) is 5.69 Å². The number of amides is 2. The van der Waals surface area contributed by atoms with Crippen LogP contribution in [0.25, 0.3) is 0 Å². The molecular weight excluding hydrogens is 376 g/mol. The molecule has 0 spiro atoms. The van der Waals surface area contributed by atoms with E-state index in [-0.39, 0.29) is 5.75 Å². The molecule has 0 saturated carbocycles. The van der Waals surface area contributed by atoms with E-state index in [0.29, 0.717) is 16.8 Å². The largest absolute Gasteiger partial charge is 0.508 e. The molecule has 2 fully saturated rings. The zero-order chi connectivity index (χ0) is 20.9. The molecule has 0 bridgehead atoms. The van der Waals surface area contributed by atoms with Gasteiger partial charge in [-0.15, -0.1) is 0 Å². The Balaban J connectivity index is 1.89. The van der Waals surface area contributed by atoms with E-state index in [0.717, 1.165) is 4.90 Å². The fourth-order valence-corrected chi connectivity index (χ4v) is 4.48. The number of benzene rings is 2. The van der Waals surface area contributed by atoms with Gasteiger partial charge in [0.2, 0.25) is 11.8 Å². The number of nitrogens with zero attached hydrogens (tertiary/aromatic N) is 1. The molecule has 8 heteroatoms. The van der Waals surface area contributed by atoms with E-state index < -0.39 is 47.8 Å². The normalized spacial score (nSPS) is 28.6. The third-order valence-corrected chi connectivity index (χ3v) is 5.91. The number of carbonyl (C=O) groups excluding carboxylic acids is 2. The number of phenols is 1. The Labute approximate surface area is 166 Å². The molecule has 0 radical (unpaired) electrons. The lowest BCUT2D eigenvalue weighted by molar-refractivity contribution is -0.150. The summed E-state index contributed by atoms with van der Waals surface area (Å²) < 4.78 is 0. The van der Waals surface area contributed by atoms with Crippen LogP contribution in [0.3, 0.4) is 0 Å². The number of aryl methyl sites for hydroxylation is 1. The highest BCUT2D eigenvalue weighted by atomic mass is 16.4. The number of carboxylic acid groups (broad SMARTS) is 1. The van der Waals surface area contributed by atoms with Crippen LogP contribution < -0.4 is 10.2 Å². The molecule has 2 aliphatic rings. The molecule has 4 unspecified atom stereocenters. The summed E-state index contributed by atoms with van der Waals surface area (Å²) in [5.41, 5.74) is -0.676. The molecule has 2 aliphatic heterocycles. The molecule has 4 rings (SSSR count). The Bertz CT molecular complexity index is 1020. The van der Waals surface area contributed by atoms with Crippen LogP contribution in [-0.4, -0.2) is 45.2 Å². The molecule has 2 aromatic carbocycles. The van der Waals surface area contributed by atoms with E-state index in [1.54, 1.807) is 49.4 Å². The highest BCUT2D eigenvalue weighted by molar-refractivity contribution is 6.24. The Hall–Kier alpha value is -3.23. The zero-order valence-electron chi connectivity index (χ0n) is 15.6. The molecule has 2 heterocycles. The van der Waals surface area contributed by atoms with E-state index in [9.17, 15) is 29.7 Å². The third-order valence-electron chi connectivity index (χ3n) is 5.91. The van der Waals surface area contributed by atoms with Crippen LogP contribution in [0.5, 0.6) is 5.75 Å². The molecule has 2 aromatic rings. The lowest BCUT2D eigenvalue weighted by Gasteiger charge is -2.29. The van der Waals surface area contributed by atoms with Crippen molar-refractivity contribution in [3.63, 3.8) is 0 Å². The topological polar surface area (TPSA) is 127 Å². The van der Waals surface area contributed by atoms with Crippen LogP contribution in [-0.2, 0) is 14.4 Å². The summed E-state index contributed by atoms with van der Waals surface area (Å²) in [6.45, 7) is 0.869. The van der Waals surface area contributed by atoms with Crippen molar-refractivity contribution < 1.29 is 29.7 Å². The number of anilines is 1. The van der Waals surface area contributed by atoms with Crippen molar-refractivity contribution in [2.75, 3.05) is 11.5 Å². The van der Waals surface area contributed by atoms with Crippen LogP contribution in [0.15, 0.2) is 48.5 Å². The van der Waals surface area contributed by atoms with E-state index >= 15 is 0 Å². The van der Waals surface area contributed by atoms with E-state index in [4.69, 9.17) is 0 Å². The summed E-state index contributed by atoms with van der Waals surface area (Å²) >= 11 is 0. The van der Waals surface area contributed by atoms with Crippen LogP contribution in [0, 0.1) is 18.8 Å². The maximum atomic E-state index is 13.4. The smallest absolute Gasteiger partial charge is 0.327 e. The highest BCUT2D eigenvalue weighted by Crippen LogP contribution is 2.51. The van der Waals surface area contributed by atoms with Gasteiger partial charge in [0, 0.05) is 11.6 Å². The molecule has 4 N–H and O–H groups in total. The van der Waals surface area contributed by atoms with E-state index in [1.165, 1.54) is 6.07 Å². The first-order chi connectivity index (χ1) is 13.8. The first kappa shape index (κ1) is 19.1. The number of aliphatic hydroxyl groups is 1. The van der Waals surface area contributed by atoms with E-state index in [2.05, 4.69) is 5.32 Å². The minimum atomic E-state index is -2.04. The number of aromatic hydroxyl groups is 1. The predicted octanol–water partition coefficient (Wildman–Crippen LogP) is 0.966. The Morgan fingerprint density at radius 2 is 1.76 bits per heavy atom. The third kappa shape index (κ3) is 2.56. The van der Waals surface area contributed by atoms with Gasteiger partial charge in [0.15, 0.2) is 5.54 Å². The lowest BCUT2D eigenvalue weighted by atomic mass is 9.79. The summed E-state index contributed by atoms with van der Waals surface area (Å²) in [6.07, 6.45) is 0. The molecular formula is C21H20N2O6. The van der Waals surface area contributed by atoms with Crippen molar-refractivity contribution in [1.82, 2.24) is 5.32 Å². The molecule has 8 nitrogen and oxygen atoms in total. The Morgan fingerprint density at radius 1 is 1.10 bits per heavy atom. The number of carboxylic acids is 1. The number of carbonyl (C=O) groups is 3. The number of para-hydroxylation sites is 2. The fraction of sp³-hybridized carbons (Fsp3) is 0.286. The van der Waals surface area contributed by atoms with Crippen LogP contribution in [0.1, 0.15) is 17.2 Å². The average Bonchev–Trinajstić information content (AvgIpc) is 3.18. The number of hydrogen-bond acceptors (Lipinski definition) is 6. The fourth-order valence-electron chi connectivity index (χ4n) is 4.48. The van der Waals surface area contributed by atoms with Gasteiger partial charge in [0.05, 0.1) is 24.1 Å². The number of nitrogens with one attached hydrogen (secondary N) is 1. The summed E-state index contributed by atoms with van der Waals surface area (Å²) in [5, 5.41) is 33.0. The minimum absolute atomic E-state index is 0.127. The average molecular weight is 396 g/mol. The number of aliphatic carboxylic acids is 1. The van der Waals surface area contributed by atoms with Crippen molar-refractivity contribution >= 4 is 23.5 Å². The molecule has 29 heavy (non-hydrogen) atoms. The van der Waals surface area contributed by atoms with Gasteiger partial charge in [0.1, 0.15) is 5.75 Å². The molecule has 4 atom stereocenters. The van der Waals surface area contributed by atoms with Crippen molar-refractivity contribution in [1.29, 1.82) is 0 Å². The standard InChI is InChI=1S/C21H20N2O6/c1-11-6-2-4-8-13(11)23-18(26)15-16(19(23)27)21(10-24,20(28)29)22-17(15)12-7-3-5-9-14(12)25/h2-9,15-17,22,24-25H,10H2,1H3,(H,28,29). The van der Waals surface area contributed by atoms with Gasteiger partial charge in [0.25, 0.3) is 0 Å². The second kappa shape index (κ2) is 6.68. The van der Waals surface area contributed by atoms with Crippen molar-refractivity contribution in [2.24, 2.45) is 11.8 Å². The summed E-state index contributed by atoms with van der Waals surface area (Å²) in [6, 6.07) is 12.1. The van der Waals surface area contributed by atoms with Crippen molar-refractivity contribution in [2.45, 2.75) is 18.5 Å². The van der Waals surface area contributed by atoms with Gasteiger partial charge in [-0.2, -0.15) is 0 Å². The second-order valence-corrected chi connectivity index (χ2v) is 7.42.